The number of hydrogen-bond donors (Lipinski definition) is 3. The molecule has 0 aliphatic carbocycles. The van der Waals surface area contributed by atoms with Crippen LogP contribution in [0.25, 0.3) is 0 Å². The predicted molar refractivity (Wildman–Crippen MR) is 68.4 cm³/mol. The van der Waals surface area contributed by atoms with Crippen molar-refractivity contribution in [3.05, 3.63) is 0 Å². The number of piperazine rings is 1. The molecule has 18 heavy (non-hydrogen) atoms. The van der Waals surface area contributed by atoms with E-state index >= 15 is 0 Å². The van der Waals surface area contributed by atoms with Crippen LogP contribution in [0.5, 0.6) is 0 Å². The summed E-state index contributed by atoms with van der Waals surface area (Å²) < 4.78 is 0. The lowest BCUT2D eigenvalue weighted by Crippen LogP contribution is -2.59. The van der Waals surface area contributed by atoms with Crippen LogP contribution < -0.4 is 10.6 Å². The minimum atomic E-state index is -1.16. The first-order valence-corrected chi connectivity index (χ1v) is 6.23. The second-order valence-corrected chi connectivity index (χ2v) is 5.89. The number of nitrogens with one attached hydrogen (secondary N) is 2. The Balaban J connectivity index is 2.78. The molecule has 0 bridgehead atoms. The van der Waals surface area contributed by atoms with Gasteiger partial charge in [-0.15, -0.1) is 0 Å². The summed E-state index contributed by atoms with van der Waals surface area (Å²) >= 11 is 0. The molecule has 1 aliphatic rings. The Labute approximate surface area is 108 Å². The first kappa shape index (κ1) is 14.8. The molecule has 2 amide bonds. The highest BCUT2D eigenvalue weighted by atomic mass is 16.4. The zero-order valence-corrected chi connectivity index (χ0v) is 11.5. The quantitative estimate of drug-likeness (QED) is 0.672. The van der Waals surface area contributed by atoms with Crippen molar-refractivity contribution in [3.63, 3.8) is 0 Å². The van der Waals surface area contributed by atoms with Crippen molar-refractivity contribution < 1.29 is 14.7 Å². The van der Waals surface area contributed by atoms with Gasteiger partial charge in [-0.3, -0.25) is 4.79 Å². The number of rotatable bonds is 2. The summed E-state index contributed by atoms with van der Waals surface area (Å²) in [5, 5.41) is 14.4. The Morgan fingerprint density at radius 1 is 1.44 bits per heavy atom. The number of amides is 2. The SMILES string of the molecule is C[C@H]1CN(C(=O)C(NC(=O)O)C(C)(C)C)CCN1. The fraction of sp³-hybridized carbons (Fsp3) is 0.833. The van der Waals surface area contributed by atoms with Crippen LogP contribution in [0.2, 0.25) is 0 Å². The van der Waals surface area contributed by atoms with Crippen LogP contribution >= 0.6 is 0 Å². The Bertz CT molecular complexity index is 325. The molecule has 1 saturated heterocycles. The largest absolute Gasteiger partial charge is 0.465 e. The summed E-state index contributed by atoms with van der Waals surface area (Å²) in [6.07, 6.45) is -1.16. The van der Waals surface area contributed by atoms with Gasteiger partial charge in [0.2, 0.25) is 5.91 Å². The van der Waals surface area contributed by atoms with Gasteiger partial charge in [0.1, 0.15) is 6.04 Å². The Kier molecular flexibility index (Phi) is 4.56. The van der Waals surface area contributed by atoms with Crippen LogP contribution in [-0.4, -0.2) is 53.7 Å². The van der Waals surface area contributed by atoms with E-state index in [1.807, 2.05) is 27.7 Å². The molecule has 104 valence electrons. The lowest BCUT2D eigenvalue weighted by Gasteiger charge is -2.38. The third-order valence-corrected chi connectivity index (χ3v) is 3.06. The molecule has 0 aromatic rings. The van der Waals surface area contributed by atoms with Crippen molar-refractivity contribution in [2.45, 2.75) is 39.8 Å². The highest BCUT2D eigenvalue weighted by molar-refractivity contribution is 5.86. The van der Waals surface area contributed by atoms with Crippen molar-refractivity contribution >= 4 is 12.0 Å². The van der Waals surface area contributed by atoms with Crippen molar-refractivity contribution in [3.8, 4) is 0 Å². The van der Waals surface area contributed by atoms with E-state index in [1.54, 1.807) is 4.90 Å². The predicted octanol–water partition coefficient (Wildman–Crippen LogP) is 0.489. The molecule has 6 heteroatoms. The lowest BCUT2D eigenvalue weighted by molar-refractivity contribution is -0.137. The van der Waals surface area contributed by atoms with Crippen LogP contribution in [0.4, 0.5) is 4.79 Å². The number of carboxylic acid groups (broad SMARTS) is 1. The third kappa shape index (κ3) is 3.87. The molecule has 0 aromatic heterocycles. The molecule has 0 aromatic carbocycles. The van der Waals surface area contributed by atoms with Gasteiger partial charge in [-0.05, 0) is 12.3 Å². The minimum Gasteiger partial charge on any atom is -0.465 e. The van der Waals surface area contributed by atoms with Crippen molar-refractivity contribution in [1.29, 1.82) is 0 Å². The molecule has 0 radical (unpaired) electrons. The maximum absolute atomic E-state index is 12.4. The molecule has 2 atom stereocenters. The van der Waals surface area contributed by atoms with E-state index in [0.29, 0.717) is 13.1 Å². The zero-order valence-electron chi connectivity index (χ0n) is 11.5. The smallest absolute Gasteiger partial charge is 0.405 e. The lowest BCUT2D eigenvalue weighted by atomic mass is 9.85. The van der Waals surface area contributed by atoms with E-state index in [0.717, 1.165) is 6.54 Å². The molecule has 1 fully saturated rings. The number of hydrogen-bond acceptors (Lipinski definition) is 3. The Morgan fingerprint density at radius 3 is 2.50 bits per heavy atom. The highest BCUT2D eigenvalue weighted by Gasteiger charge is 2.36. The summed E-state index contributed by atoms with van der Waals surface area (Å²) in [7, 11) is 0. The van der Waals surface area contributed by atoms with Crippen molar-refractivity contribution in [1.82, 2.24) is 15.5 Å². The van der Waals surface area contributed by atoms with Gasteiger partial charge in [-0.1, -0.05) is 20.8 Å². The van der Waals surface area contributed by atoms with Gasteiger partial charge in [0.25, 0.3) is 0 Å². The van der Waals surface area contributed by atoms with Crippen LogP contribution in [0.15, 0.2) is 0 Å². The number of carbonyl (C=O) groups is 2. The number of carbonyl (C=O) groups excluding carboxylic acids is 1. The zero-order chi connectivity index (χ0) is 13.9. The van der Waals surface area contributed by atoms with Crippen molar-refractivity contribution in [2.24, 2.45) is 5.41 Å². The van der Waals surface area contributed by atoms with Crippen LogP contribution in [0.1, 0.15) is 27.7 Å². The molecule has 1 unspecified atom stereocenters. The molecule has 3 N–H and O–H groups in total. The average molecular weight is 257 g/mol. The standard InChI is InChI=1S/C12H23N3O3/c1-8-7-15(6-5-13-8)10(16)9(12(2,3)4)14-11(17)18/h8-9,13-14H,5-7H2,1-4H3,(H,17,18)/t8-,9?/m0/s1. The van der Waals surface area contributed by atoms with Gasteiger partial charge in [-0.25, -0.2) is 4.79 Å². The van der Waals surface area contributed by atoms with Gasteiger partial charge in [0.05, 0.1) is 0 Å². The minimum absolute atomic E-state index is 0.141. The molecule has 1 heterocycles. The third-order valence-electron chi connectivity index (χ3n) is 3.06. The summed E-state index contributed by atoms with van der Waals surface area (Å²) in [6.45, 7) is 9.57. The van der Waals surface area contributed by atoms with Gasteiger partial charge in [0.15, 0.2) is 0 Å². The number of nitrogens with zero attached hydrogens (tertiary/aromatic N) is 1. The molecule has 0 spiro atoms. The molecular weight excluding hydrogens is 234 g/mol. The topological polar surface area (TPSA) is 81.7 Å². The van der Waals surface area contributed by atoms with E-state index in [2.05, 4.69) is 10.6 Å². The van der Waals surface area contributed by atoms with Crippen LogP contribution in [-0.2, 0) is 4.79 Å². The molecule has 1 aliphatic heterocycles. The highest BCUT2D eigenvalue weighted by Crippen LogP contribution is 2.21. The summed E-state index contributed by atoms with van der Waals surface area (Å²) in [5.74, 6) is -0.141. The van der Waals surface area contributed by atoms with E-state index in [9.17, 15) is 9.59 Å². The maximum atomic E-state index is 12.4. The van der Waals surface area contributed by atoms with Gasteiger partial charge >= 0.3 is 6.09 Å². The second kappa shape index (κ2) is 5.56. The molecular formula is C12H23N3O3. The monoisotopic (exact) mass is 257 g/mol. The Morgan fingerprint density at radius 2 is 2.06 bits per heavy atom. The first-order valence-electron chi connectivity index (χ1n) is 6.23. The van der Waals surface area contributed by atoms with Crippen molar-refractivity contribution in [2.75, 3.05) is 19.6 Å². The van der Waals surface area contributed by atoms with E-state index in [-0.39, 0.29) is 11.9 Å². The maximum Gasteiger partial charge on any atom is 0.405 e. The normalized spacial score (nSPS) is 22.4. The van der Waals surface area contributed by atoms with Gasteiger partial charge in [0, 0.05) is 25.7 Å². The summed E-state index contributed by atoms with van der Waals surface area (Å²) in [4.78, 5) is 24.9. The van der Waals surface area contributed by atoms with E-state index < -0.39 is 17.6 Å². The average Bonchev–Trinajstić information content (AvgIpc) is 2.23. The first-order chi connectivity index (χ1) is 8.21. The molecule has 0 saturated carbocycles. The molecule has 1 rings (SSSR count). The fourth-order valence-electron chi connectivity index (χ4n) is 2.09. The van der Waals surface area contributed by atoms with Crippen LogP contribution in [0, 0.1) is 5.41 Å². The summed E-state index contributed by atoms with van der Waals surface area (Å²) in [5.41, 5.74) is -0.441. The van der Waals surface area contributed by atoms with E-state index in [1.165, 1.54) is 0 Å². The second-order valence-electron chi connectivity index (χ2n) is 5.89. The fourth-order valence-corrected chi connectivity index (χ4v) is 2.09. The molecule has 6 nitrogen and oxygen atoms in total. The summed E-state index contributed by atoms with van der Waals surface area (Å²) in [6, 6.07) is -0.464. The Hall–Kier alpha value is -1.30. The van der Waals surface area contributed by atoms with Gasteiger partial charge in [-0.2, -0.15) is 0 Å². The van der Waals surface area contributed by atoms with Gasteiger partial charge < -0.3 is 20.6 Å². The van der Waals surface area contributed by atoms with Crippen LogP contribution in [0.3, 0.4) is 0 Å². The van der Waals surface area contributed by atoms with E-state index in [4.69, 9.17) is 5.11 Å².